The Hall–Kier alpha value is -0.940. The Morgan fingerprint density at radius 3 is 2.72 bits per heavy atom. The number of hydrogen-bond donors (Lipinski definition) is 3. The summed E-state index contributed by atoms with van der Waals surface area (Å²) in [5.74, 6) is 1.15. The van der Waals surface area contributed by atoms with Crippen LogP contribution in [0.25, 0.3) is 0 Å². The van der Waals surface area contributed by atoms with Gasteiger partial charge in [0.25, 0.3) is 0 Å². The van der Waals surface area contributed by atoms with Crippen LogP contribution in [0.4, 0.5) is 0 Å². The van der Waals surface area contributed by atoms with Crippen molar-refractivity contribution in [2.45, 2.75) is 32.7 Å². The van der Waals surface area contributed by atoms with Crippen LogP contribution < -0.4 is 15.4 Å². The molecule has 1 heterocycles. The summed E-state index contributed by atoms with van der Waals surface area (Å²) in [5, 5.41) is 6.16. The van der Waals surface area contributed by atoms with Gasteiger partial charge in [0.15, 0.2) is 5.96 Å². The van der Waals surface area contributed by atoms with E-state index < -0.39 is 10.0 Å². The first-order chi connectivity index (χ1) is 11.6. The fraction of sp³-hybridized carbons (Fsp3) is 0.625. The predicted molar refractivity (Wildman–Crippen MR) is 112 cm³/mol. The molecule has 9 heteroatoms. The number of aromatic nitrogens is 1. The zero-order valence-electron chi connectivity index (χ0n) is 14.6. The van der Waals surface area contributed by atoms with Gasteiger partial charge in [-0.2, -0.15) is 0 Å². The summed E-state index contributed by atoms with van der Waals surface area (Å²) in [6.45, 7) is 4.00. The summed E-state index contributed by atoms with van der Waals surface area (Å²) in [6.07, 6.45) is 5.20. The number of pyridine rings is 1. The van der Waals surface area contributed by atoms with Crippen LogP contribution in [-0.2, 0) is 16.6 Å². The van der Waals surface area contributed by atoms with Crippen molar-refractivity contribution in [2.75, 3.05) is 25.4 Å². The molecule has 1 aliphatic carbocycles. The van der Waals surface area contributed by atoms with Crippen molar-refractivity contribution in [3.63, 3.8) is 0 Å². The molecule has 142 valence electrons. The molecule has 1 saturated carbocycles. The largest absolute Gasteiger partial charge is 0.357 e. The number of sulfonamides is 1. The molecule has 0 bridgehead atoms. The van der Waals surface area contributed by atoms with E-state index in [0.717, 1.165) is 18.5 Å². The molecule has 0 spiro atoms. The van der Waals surface area contributed by atoms with E-state index in [4.69, 9.17) is 0 Å². The van der Waals surface area contributed by atoms with Gasteiger partial charge in [0.2, 0.25) is 10.0 Å². The first kappa shape index (κ1) is 22.1. The number of guanidine groups is 1. The van der Waals surface area contributed by atoms with Crippen molar-refractivity contribution in [1.82, 2.24) is 20.3 Å². The van der Waals surface area contributed by atoms with Crippen LogP contribution in [0.2, 0.25) is 0 Å². The second kappa shape index (κ2) is 11.6. The van der Waals surface area contributed by atoms with Crippen LogP contribution >= 0.6 is 24.0 Å². The Labute approximate surface area is 167 Å². The molecule has 1 aliphatic rings. The van der Waals surface area contributed by atoms with Gasteiger partial charge in [-0.25, -0.2) is 18.1 Å². The highest BCUT2D eigenvalue weighted by Gasteiger charge is 2.19. The molecule has 7 nitrogen and oxygen atoms in total. The van der Waals surface area contributed by atoms with Gasteiger partial charge in [-0.15, -0.1) is 24.0 Å². The second-order valence-electron chi connectivity index (χ2n) is 5.91. The maximum absolute atomic E-state index is 12.0. The van der Waals surface area contributed by atoms with Crippen LogP contribution in [0.3, 0.4) is 0 Å². The van der Waals surface area contributed by atoms with Crippen molar-refractivity contribution in [2.24, 2.45) is 10.9 Å². The second-order valence-corrected chi connectivity index (χ2v) is 7.83. The minimum absolute atomic E-state index is 0. The quantitative estimate of drug-likeness (QED) is 0.282. The van der Waals surface area contributed by atoms with Crippen molar-refractivity contribution in [3.8, 4) is 0 Å². The first-order valence-corrected chi connectivity index (χ1v) is 10.1. The zero-order valence-corrected chi connectivity index (χ0v) is 17.7. The van der Waals surface area contributed by atoms with Gasteiger partial charge in [0, 0.05) is 25.8 Å². The molecule has 1 aromatic heterocycles. The predicted octanol–water partition coefficient (Wildman–Crippen LogP) is 1.47. The van der Waals surface area contributed by atoms with Gasteiger partial charge in [-0.1, -0.05) is 12.5 Å². The Morgan fingerprint density at radius 1 is 1.32 bits per heavy atom. The molecule has 0 saturated heterocycles. The molecule has 0 unspecified atom stereocenters. The van der Waals surface area contributed by atoms with E-state index in [-0.39, 0.29) is 29.7 Å². The monoisotopic (exact) mass is 481 g/mol. The molecule has 1 aromatic rings. The summed E-state index contributed by atoms with van der Waals surface area (Å²) in [5.41, 5.74) is 0.865. The zero-order chi connectivity index (χ0) is 17.3. The highest BCUT2D eigenvalue weighted by Crippen LogP contribution is 2.25. The smallest absolute Gasteiger partial charge is 0.213 e. The van der Waals surface area contributed by atoms with E-state index in [0.29, 0.717) is 38.1 Å². The molecule has 0 amide bonds. The van der Waals surface area contributed by atoms with Crippen LogP contribution in [0.5, 0.6) is 0 Å². The maximum Gasteiger partial charge on any atom is 0.213 e. The fourth-order valence-electron chi connectivity index (χ4n) is 2.31. The van der Waals surface area contributed by atoms with Gasteiger partial charge < -0.3 is 10.6 Å². The lowest BCUT2D eigenvalue weighted by molar-refractivity contribution is 0.316. The van der Waals surface area contributed by atoms with Crippen molar-refractivity contribution >= 4 is 40.0 Å². The number of nitrogens with one attached hydrogen (secondary N) is 3. The normalized spacial score (nSPS) is 15.2. The molecule has 3 N–H and O–H groups in total. The average Bonchev–Trinajstić information content (AvgIpc) is 2.52. The van der Waals surface area contributed by atoms with Crippen molar-refractivity contribution in [3.05, 3.63) is 30.1 Å². The third kappa shape index (κ3) is 8.82. The molecule has 0 atom stereocenters. The molecular formula is C16H28IN5O2S. The highest BCUT2D eigenvalue weighted by molar-refractivity contribution is 14.0. The summed E-state index contributed by atoms with van der Waals surface area (Å²) in [4.78, 5) is 8.63. The third-order valence-electron chi connectivity index (χ3n) is 3.95. The number of rotatable bonds is 9. The summed E-state index contributed by atoms with van der Waals surface area (Å²) >= 11 is 0. The van der Waals surface area contributed by atoms with Gasteiger partial charge in [-0.3, -0.25) is 4.98 Å². The van der Waals surface area contributed by atoms with Crippen molar-refractivity contribution in [1.29, 1.82) is 0 Å². The lowest BCUT2D eigenvalue weighted by atomic mass is 9.86. The van der Waals surface area contributed by atoms with E-state index in [1.165, 1.54) is 6.42 Å². The maximum atomic E-state index is 12.0. The van der Waals surface area contributed by atoms with E-state index in [9.17, 15) is 8.42 Å². The Kier molecular flexibility index (Phi) is 10.3. The minimum atomic E-state index is -3.24. The number of nitrogens with zero attached hydrogens (tertiary/aromatic N) is 2. The Morgan fingerprint density at radius 2 is 2.12 bits per heavy atom. The SMILES string of the molecule is CCNC(=NCc1ccccn1)NCCS(=O)(=O)NCC1CCC1.I. The average molecular weight is 481 g/mol. The van der Waals surface area contributed by atoms with E-state index in [1.54, 1.807) is 6.20 Å². The lowest BCUT2D eigenvalue weighted by Crippen LogP contribution is -2.42. The van der Waals surface area contributed by atoms with Crippen LogP contribution in [0, 0.1) is 5.92 Å². The molecule has 25 heavy (non-hydrogen) atoms. The van der Waals surface area contributed by atoms with Gasteiger partial charge in [-0.05, 0) is 37.8 Å². The molecular weight excluding hydrogens is 453 g/mol. The molecule has 0 radical (unpaired) electrons. The fourth-order valence-corrected chi connectivity index (χ4v) is 3.32. The van der Waals surface area contributed by atoms with E-state index in [2.05, 4.69) is 25.3 Å². The first-order valence-electron chi connectivity index (χ1n) is 8.48. The van der Waals surface area contributed by atoms with Gasteiger partial charge in [0.1, 0.15) is 0 Å². The molecule has 2 rings (SSSR count). The number of aliphatic imine (C=N–C) groups is 1. The topological polar surface area (TPSA) is 95.5 Å². The van der Waals surface area contributed by atoms with E-state index in [1.807, 2.05) is 25.1 Å². The van der Waals surface area contributed by atoms with Crippen LogP contribution in [-0.4, -0.2) is 44.7 Å². The highest BCUT2D eigenvalue weighted by atomic mass is 127. The molecule has 0 aromatic carbocycles. The Bertz CT molecular complexity index is 621. The van der Waals surface area contributed by atoms with Crippen LogP contribution in [0.15, 0.2) is 29.4 Å². The summed E-state index contributed by atoms with van der Waals surface area (Å²) in [7, 11) is -3.24. The van der Waals surface area contributed by atoms with Crippen molar-refractivity contribution < 1.29 is 8.42 Å². The lowest BCUT2D eigenvalue weighted by Gasteiger charge is -2.25. The van der Waals surface area contributed by atoms with Crippen LogP contribution in [0.1, 0.15) is 31.9 Å². The number of halogens is 1. The number of hydrogen-bond acceptors (Lipinski definition) is 4. The van der Waals surface area contributed by atoms with Gasteiger partial charge >= 0.3 is 0 Å². The summed E-state index contributed by atoms with van der Waals surface area (Å²) in [6, 6.07) is 5.68. The molecule has 0 aliphatic heterocycles. The Balaban J connectivity index is 0.00000312. The standard InChI is InChI=1S/C16H27N5O2S.HI/c1-2-17-16(20-13-15-8-3-4-9-18-15)19-10-11-24(22,23)21-12-14-6-5-7-14;/h3-4,8-9,14,21H,2,5-7,10-13H2,1H3,(H2,17,19,20);1H. The van der Waals surface area contributed by atoms with Gasteiger partial charge in [0.05, 0.1) is 18.0 Å². The summed E-state index contributed by atoms with van der Waals surface area (Å²) < 4.78 is 26.6. The molecule has 1 fully saturated rings. The minimum Gasteiger partial charge on any atom is -0.357 e. The van der Waals surface area contributed by atoms with E-state index >= 15 is 0 Å². The third-order valence-corrected chi connectivity index (χ3v) is 5.30.